The van der Waals surface area contributed by atoms with Crippen LogP contribution in [-0.2, 0) is 14.3 Å². The average Bonchev–Trinajstić information content (AvgIpc) is 3.08. The van der Waals surface area contributed by atoms with Crippen molar-refractivity contribution in [2.75, 3.05) is 18.7 Å². The van der Waals surface area contributed by atoms with Gasteiger partial charge in [0.2, 0.25) is 6.79 Å². The number of anilines is 1. The van der Waals surface area contributed by atoms with Gasteiger partial charge in [-0.3, -0.25) is 4.79 Å². The number of aryl methyl sites for hydroxylation is 1. The molecule has 1 aliphatic heterocycles. The van der Waals surface area contributed by atoms with E-state index < -0.39 is 18.0 Å². The zero-order valence-electron chi connectivity index (χ0n) is 14.5. The van der Waals surface area contributed by atoms with Gasteiger partial charge in [0.1, 0.15) is 5.75 Å². The fraction of sp³-hybridized carbons (Fsp3) is 0.263. The number of esters is 1. The SMILES string of the molecule is Cc1ccccc1OCC(=O)O[C@H](C)C(=O)Nc1ccc2c(c1)OCO2. The number of hydrogen-bond acceptors (Lipinski definition) is 6. The molecule has 2 aromatic carbocycles. The van der Waals surface area contributed by atoms with Crippen LogP contribution in [0.2, 0.25) is 0 Å². The first-order valence-electron chi connectivity index (χ1n) is 8.11. The Morgan fingerprint density at radius 2 is 1.92 bits per heavy atom. The molecule has 0 aromatic heterocycles. The first-order valence-corrected chi connectivity index (χ1v) is 8.11. The number of fused-ring (bicyclic) bond motifs is 1. The van der Waals surface area contributed by atoms with Crippen molar-refractivity contribution in [3.63, 3.8) is 0 Å². The summed E-state index contributed by atoms with van der Waals surface area (Å²) in [6, 6.07) is 12.4. The maximum atomic E-state index is 12.2. The van der Waals surface area contributed by atoms with E-state index in [0.29, 0.717) is 22.9 Å². The molecule has 136 valence electrons. The lowest BCUT2D eigenvalue weighted by Gasteiger charge is -2.14. The summed E-state index contributed by atoms with van der Waals surface area (Å²) in [5.41, 5.74) is 1.44. The van der Waals surface area contributed by atoms with E-state index in [-0.39, 0.29) is 13.4 Å². The molecule has 1 aliphatic rings. The third-order valence-electron chi connectivity index (χ3n) is 3.76. The highest BCUT2D eigenvalue weighted by atomic mass is 16.7. The Bertz CT molecular complexity index is 819. The quantitative estimate of drug-likeness (QED) is 0.801. The van der Waals surface area contributed by atoms with Gasteiger partial charge in [-0.2, -0.15) is 0 Å². The molecule has 1 heterocycles. The second kappa shape index (κ2) is 7.77. The predicted octanol–water partition coefficient (Wildman–Crippen LogP) is 2.67. The van der Waals surface area contributed by atoms with E-state index in [1.54, 1.807) is 24.3 Å². The highest BCUT2D eigenvalue weighted by Gasteiger charge is 2.20. The van der Waals surface area contributed by atoms with Gasteiger partial charge in [-0.15, -0.1) is 0 Å². The molecule has 0 bridgehead atoms. The normalized spacial score (nSPS) is 13.0. The summed E-state index contributed by atoms with van der Waals surface area (Å²) in [5.74, 6) is 0.700. The van der Waals surface area contributed by atoms with Crippen LogP contribution in [0.1, 0.15) is 12.5 Å². The zero-order chi connectivity index (χ0) is 18.5. The molecule has 0 spiro atoms. The molecule has 1 N–H and O–H groups in total. The Hall–Kier alpha value is -3.22. The fourth-order valence-corrected chi connectivity index (χ4v) is 2.36. The molecular weight excluding hydrogens is 338 g/mol. The summed E-state index contributed by atoms with van der Waals surface area (Å²) in [5, 5.41) is 2.67. The summed E-state index contributed by atoms with van der Waals surface area (Å²) in [4.78, 5) is 24.1. The van der Waals surface area contributed by atoms with Crippen LogP contribution in [0.15, 0.2) is 42.5 Å². The molecule has 7 heteroatoms. The summed E-state index contributed by atoms with van der Waals surface area (Å²) < 4.78 is 21.0. The lowest BCUT2D eigenvalue weighted by molar-refractivity contribution is -0.155. The monoisotopic (exact) mass is 357 g/mol. The van der Waals surface area contributed by atoms with Gasteiger partial charge >= 0.3 is 5.97 Å². The minimum absolute atomic E-state index is 0.154. The first-order chi connectivity index (χ1) is 12.5. The van der Waals surface area contributed by atoms with Crippen LogP contribution < -0.4 is 19.5 Å². The predicted molar refractivity (Wildman–Crippen MR) is 93.4 cm³/mol. The first kappa shape index (κ1) is 17.6. The molecule has 0 radical (unpaired) electrons. The van der Waals surface area contributed by atoms with Crippen LogP contribution in [0.4, 0.5) is 5.69 Å². The largest absolute Gasteiger partial charge is 0.482 e. The van der Waals surface area contributed by atoms with Crippen molar-refractivity contribution >= 4 is 17.6 Å². The molecule has 0 saturated heterocycles. The lowest BCUT2D eigenvalue weighted by atomic mass is 10.2. The maximum absolute atomic E-state index is 12.2. The fourth-order valence-electron chi connectivity index (χ4n) is 2.36. The van der Waals surface area contributed by atoms with Crippen molar-refractivity contribution in [2.24, 2.45) is 0 Å². The van der Waals surface area contributed by atoms with Gasteiger partial charge in [-0.25, -0.2) is 4.79 Å². The van der Waals surface area contributed by atoms with Gasteiger partial charge in [0, 0.05) is 11.8 Å². The molecule has 0 aliphatic carbocycles. The number of hydrogen-bond donors (Lipinski definition) is 1. The van der Waals surface area contributed by atoms with Crippen LogP contribution in [0.3, 0.4) is 0 Å². The number of benzene rings is 2. The van der Waals surface area contributed by atoms with Crippen LogP contribution in [0.25, 0.3) is 0 Å². The van der Waals surface area contributed by atoms with E-state index in [0.717, 1.165) is 5.56 Å². The van der Waals surface area contributed by atoms with Gasteiger partial charge in [-0.05, 0) is 37.6 Å². The van der Waals surface area contributed by atoms with E-state index in [1.807, 2.05) is 25.1 Å². The highest BCUT2D eigenvalue weighted by molar-refractivity contribution is 5.95. The third kappa shape index (κ3) is 4.24. The minimum Gasteiger partial charge on any atom is -0.482 e. The van der Waals surface area contributed by atoms with Gasteiger partial charge in [0.05, 0.1) is 0 Å². The minimum atomic E-state index is -0.964. The Morgan fingerprint density at radius 3 is 2.73 bits per heavy atom. The Labute approximate surface area is 150 Å². The second-order valence-corrected chi connectivity index (χ2v) is 5.74. The van der Waals surface area contributed by atoms with Gasteiger partial charge in [0.25, 0.3) is 5.91 Å². The Morgan fingerprint density at radius 1 is 1.15 bits per heavy atom. The van der Waals surface area contributed by atoms with Crippen molar-refractivity contribution in [1.82, 2.24) is 0 Å². The molecular formula is C19H19NO6. The lowest BCUT2D eigenvalue weighted by Crippen LogP contribution is -2.31. The maximum Gasteiger partial charge on any atom is 0.344 e. The van der Waals surface area contributed by atoms with Gasteiger partial charge < -0.3 is 24.3 Å². The number of para-hydroxylation sites is 1. The molecule has 26 heavy (non-hydrogen) atoms. The Balaban J connectivity index is 1.49. The summed E-state index contributed by atoms with van der Waals surface area (Å²) in [7, 11) is 0. The van der Waals surface area contributed by atoms with Crippen LogP contribution in [0, 0.1) is 6.92 Å². The van der Waals surface area contributed by atoms with Gasteiger partial charge in [0.15, 0.2) is 24.2 Å². The smallest absolute Gasteiger partial charge is 0.344 e. The summed E-state index contributed by atoms with van der Waals surface area (Å²) >= 11 is 0. The topological polar surface area (TPSA) is 83.1 Å². The molecule has 1 amide bonds. The van der Waals surface area contributed by atoms with E-state index >= 15 is 0 Å². The summed E-state index contributed by atoms with van der Waals surface area (Å²) in [6.45, 7) is 3.25. The molecule has 0 saturated carbocycles. The van der Waals surface area contributed by atoms with E-state index in [4.69, 9.17) is 18.9 Å². The number of carbonyl (C=O) groups is 2. The van der Waals surface area contributed by atoms with Crippen molar-refractivity contribution in [3.8, 4) is 17.2 Å². The number of nitrogens with one attached hydrogen (secondary N) is 1. The van der Waals surface area contributed by atoms with Crippen molar-refractivity contribution in [2.45, 2.75) is 20.0 Å². The standard InChI is InChI=1S/C19H19NO6/c1-12-5-3-4-6-15(12)23-10-18(21)26-13(2)19(22)20-14-7-8-16-17(9-14)25-11-24-16/h3-9,13H,10-11H2,1-2H3,(H,20,22)/t13-/m1/s1. The molecule has 0 fully saturated rings. The molecule has 3 rings (SSSR count). The number of rotatable bonds is 6. The van der Waals surface area contributed by atoms with Crippen LogP contribution in [-0.4, -0.2) is 31.4 Å². The molecule has 1 atom stereocenters. The number of ether oxygens (including phenoxy) is 4. The van der Waals surface area contributed by atoms with Gasteiger partial charge in [-0.1, -0.05) is 18.2 Å². The zero-order valence-corrected chi connectivity index (χ0v) is 14.5. The third-order valence-corrected chi connectivity index (χ3v) is 3.76. The van der Waals surface area contributed by atoms with E-state index in [9.17, 15) is 9.59 Å². The Kier molecular flexibility index (Phi) is 5.26. The molecule has 2 aromatic rings. The molecule has 0 unspecified atom stereocenters. The number of carbonyl (C=O) groups excluding carboxylic acids is 2. The average molecular weight is 357 g/mol. The van der Waals surface area contributed by atoms with Crippen LogP contribution >= 0.6 is 0 Å². The van der Waals surface area contributed by atoms with Crippen molar-refractivity contribution < 1.29 is 28.5 Å². The van der Waals surface area contributed by atoms with Crippen molar-refractivity contribution in [1.29, 1.82) is 0 Å². The second-order valence-electron chi connectivity index (χ2n) is 5.74. The van der Waals surface area contributed by atoms with E-state index in [1.165, 1.54) is 6.92 Å². The molecule has 7 nitrogen and oxygen atoms in total. The van der Waals surface area contributed by atoms with Crippen molar-refractivity contribution in [3.05, 3.63) is 48.0 Å². The van der Waals surface area contributed by atoms with E-state index in [2.05, 4.69) is 5.32 Å². The van der Waals surface area contributed by atoms with Crippen LogP contribution in [0.5, 0.6) is 17.2 Å². The summed E-state index contributed by atoms with van der Waals surface area (Å²) in [6.07, 6.45) is -0.964. The highest BCUT2D eigenvalue weighted by Crippen LogP contribution is 2.34. The number of amides is 1.